The molecule has 0 aliphatic rings. The number of pyridine rings is 1. The third-order valence-electron chi connectivity index (χ3n) is 4.01. The fraction of sp³-hybridized carbons (Fsp3) is 0.222. The van der Waals surface area contributed by atoms with Gasteiger partial charge in [-0.2, -0.15) is 18.3 Å². The Labute approximate surface area is 158 Å². The SMILES string of the molecule is O=[N+]([O-])c1ccccc1CN(Cn1nccc1-c1ccncc1)CC(F)(F)F. The summed E-state index contributed by atoms with van der Waals surface area (Å²) in [6.45, 7) is -1.66. The molecule has 2 aromatic heterocycles. The molecule has 28 heavy (non-hydrogen) atoms. The topological polar surface area (TPSA) is 77.1 Å². The molecule has 0 aliphatic carbocycles. The molecule has 3 rings (SSSR count). The summed E-state index contributed by atoms with van der Waals surface area (Å²) in [5, 5.41) is 15.3. The molecule has 0 aliphatic heterocycles. The molecule has 0 spiro atoms. The second kappa shape index (κ2) is 8.17. The molecule has 0 fully saturated rings. The predicted octanol–water partition coefficient (Wildman–Crippen LogP) is 3.88. The predicted molar refractivity (Wildman–Crippen MR) is 95.0 cm³/mol. The van der Waals surface area contributed by atoms with Crippen molar-refractivity contribution < 1.29 is 18.1 Å². The van der Waals surface area contributed by atoms with Crippen LogP contribution in [-0.2, 0) is 13.2 Å². The molecule has 0 saturated carbocycles. The maximum Gasteiger partial charge on any atom is 0.401 e. The van der Waals surface area contributed by atoms with Crippen molar-refractivity contribution in [3.05, 3.63) is 76.7 Å². The minimum absolute atomic E-state index is 0.184. The van der Waals surface area contributed by atoms with Gasteiger partial charge in [0.15, 0.2) is 0 Å². The van der Waals surface area contributed by atoms with Crippen LogP contribution in [0.25, 0.3) is 11.3 Å². The van der Waals surface area contributed by atoms with E-state index >= 15 is 0 Å². The molecule has 3 aromatic rings. The largest absolute Gasteiger partial charge is 0.401 e. The van der Waals surface area contributed by atoms with Crippen LogP contribution in [0.1, 0.15) is 5.56 Å². The van der Waals surface area contributed by atoms with Gasteiger partial charge in [0.25, 0.3) is 5.69 Å². The van der Waals surface area contributed by atoms with Gasteiger partial charge < -0.3 is 0 Å². The summed E-state index contributed by atoms with van der Waals surface area (Å²) in [4.78, 5) is 15.6. The number of benzene rings is 1. The Morgan fingerprint density at radius 3 is 2.46 bits per heavy atom. The lowest BCUT2D eigenvalue weighted by molar-refractivity contribution is -0.385. The summed E-state index contributed by atoms with van der Waals surface area (Å²) in [6, 6.07) is 10.9. The van der Waals surface area contributed by atoms with Crippen LogP contribution in [0.2, 0.25) is 0 Å². The number of halogens is 3. The van der Waals surface area contributed by atoms with Crippen LogP contribution >= 0.6 is 0 Å². The molecular formula is C18H16F3N5O2. The first kappa shape index (κ1) is 19.5. The van der Waals surface area contributed by atoms with Gasteiger partial charge in [0.1, 0.15) is 0 Å². The number of hydrogen-bond donors (Lipinski definition) is 0. The number of hydrogen-bond acceptors (Lipinski definition) is 5. The highest BCUT2D eigenvalue weighted by Crippen LogP contribution is 2.25. The van der Waals surface area contributed by atoms with E-state index < -0.39 is 17.6 Å². The highest BCUT2D eigenvalue weighted by Gasteiger charge is 2.32. The zero-order valence-corrected chi connectivity index (χ0v) is 14.6. The third-order valence-corrected chi connectivity index (χ3v) is 4.01. The second-order valence-electron chi connectivity index (χ2n) is 6.08. The smallest absolute Gasteiger partial charge is 0.271 e. The van der Waals surface area contributed by atoms with Gasteiger partial charge in [-0.25, -0.2) is 0 Å². The molecule has 0 bridgehead atoms. The molecule has 2 heterocycles. The molecule has 0 atom stereocenters. The summed E-state index contributed by atoms with van der Waals surface area (Å²) >= 11 is 0. The Morgan fingerprint density at radius 1 is 1.07 bits per heavy atom. The second-order valence-corrected chi connectivity index (χ2v) is 6.08. The van der Waals surface area contributed by atoms with Crippen molar-refractivity contribution in [1.82, 2.24) is 19.7 Å². The minimum Gasteiger partial charge on any atom is -0.271 e. The maximum atomic E-state index is 13.1. The number of nitro groups is 1. The lowest BCUT2D eigenvalue weighted by Gasteiger charge is -2.24. The first-order valence-electron chi connectivity index (χ1n) is 8.27. The van der Waals surface area contributed by atoms with Crippen LogP contribution in [-0.4, -0.2) is 37.3 Å². The summed E-state index contributed by atoms with van der Waals surface area (Å²) in [7, 11) is 0. The van der Waals surface area contributed by atoms with E-state index in [0.29, 0.717) is 5.69 Å². The van der Waals surface area contributed by atoms with E-state index in [4.69, 9.17) is 0 Å². The van der Waals surface area contributed by atoms with E-state index in [1.54, 1.807) is 36.7 Å². The third kappa shape index (κ3) is 4.92. The molecule has 10 heteroatoms. The Bertz CT molecular complexity index is 944. The highest BCUT2D eigenvalue weighted by atomic mass is 19.4. The average Bonchev–Trinajstić information content (AvgIpc) is 3.09. The average molecular weight is 391 g/mol. The van der Waals surface area contributed by atoms with E-state index in [1.807, 2.05) is 0 Å². The summed E-state index contributed by atoms with van der Waals surface area (Å²) in [5.74, 6) is 0. The standard InChI is InChI=1S/C18H16F3N5O2/c19-18(20,21)12-24(11-15-3-1-2-4-17(15)26(27)28)13-25-16(7-10-23-25)14-5-8-22-9-6-14/h1-10H,11-13H2. The minimum atomic E-state index is -4.46. The number of nitro benzene ring substituents is 1. The molecule has 0 unspecified atom stereocenters. The van der Waals surface area contributed by atoms with Gasteiger partial charge in [-0.3, -0.25) is 24.7 Å². The summed E-state index contributed by atoms with van der Waals surface area (Å²) in [5.41, 5.74) is 1.36. The Kier molecular flexibility index (Phi) is 5.69. The van der Waals surface area contributed by atoms with Crippen LogP contribution < -0.4 is 0 Å². The first-order chi connectivity index (χ1) is 13.3. The zero-order chi connectivity index (χ0) is 20.1. The number of para-hydroxylation sites is 1. The molecule has 0 N–H and O–H groups in total. The number of alkyl halides is 3. The number of aromatic nitrogens is 3. The van der Waals surface area contributed by atoms with Crippen LogP contribution in [0.15, 0.2) is 61.1 Å². The lowest BCUT2D eigenvalue weighted by atomic mass is 10.1. The van der Waals surface area contributed by atoms with Gasteiger partial charge >= 0.3 is 6.18 Å². The molecule has 1 aromatic carbocycles. The van der Waals surface area contributed by atoms with E-state index in [2.05, 4.69) is 10.1 Å². The van der Waals surface area contributed by atoms with Crippen molar-refractivity contribution in [1.29, 1.82) is 0 Å². The van der Waals surface area contributed by atoms with Crippen molar-refractivity contribution in [3.63, 3.8) is 0 Å². The van der Waals surface area contributed by atoms with Crippen molar-refractivity contribution in [2.45, 2.75) is 19.4 Å². The van der Waals surface area contributed by atoms with E-state index in [9.17, 15) is 23.3 Å². The van der Waals surface area contributed by atoms with Crippen LogP contribution in [0.3, 0.4) is 0 Å². The van der Waals surface area contributed by atoms with Gasteiger partial charge in [0.2, 0.25) is 0 Å². The Morgan fingerprint density at radius 2 is 1.79 bits per heavy atom. The van der Waals surface area contributed by atoms with Gasteiger partial charge in [-0.15, -0.1) is 0 Å². The normalized spacial score (nSPS) is 11.7. The van der Waals surface area contributed by atoms with Crippen LogP contribution in [0.4, 0.5) is 18.9 Å². The van der Waals surface area contributed by atoms with Crippen molar-refractivity contribution in [2.75, 3.05) is 6.54 Å². The number of nitrogens with zero attached hydrogens (tertiary/aromatic N) is 5. The fourth-order valence-electron chi connectivity index (χ4n) is 2.88. The Balaban J connectivity index is 1.89. The van der Waals surface area contributed by atoms with Crippen molar-refractivity contribution in [3.8, 4) is 11.3 Å². The molecule has 7 nitrogen and oxygen atoms in total. The summed E-state index contributed by atoms with van der Waals surface area (Å²) in [6.07, 6.45) is 0.182. The van der Waals surface area contributed by atoms with Gasteiger partial charge in [0.05, 0.1) is 23.8 Å². The fourth-order valence-corrected chi connectivity index (χ4v) is 2.88. The van der Waals surface area contributed by atoms with E-state index in [1.165, 1.54) is 29.1 Å². The molecule has 0 radical (unpaired) electrons. The van der Waals surface area contributed by atoms with Crippen molar-refractivity contribution in [2.24, 2.45) is 0 Å². The molecule has 0 amide bonds. The molecule has 146 valence electrons. The van der Waals surface area contributed by atoms with Gasteiger partial charge in [-0.05, 0) is 18.2 Å². The monoisotopic (exact) mass is 391 g/mol. The quantitative estimate of drug-likeness (QED) is 0.451. The molecular weight excluding hydrogens is 375 g/mol. The van der Waals surface area contributed by atoms with Crippen molar-refractivity contribution >= 4 is 5.69 Å². The maximum absolute atomic E-state index is 13.1. The number of rotatable bonds is 7. The van der Waals surface area contributed by atoms with E-state index in [0.717, 1.165) is 10.5 Å². The highest BCUT2D eigenvalue weighted by molar-refractivity contribution is 5.58. The zero-order valence-electron chi connectivity index (χ0n) is 14.6. The molecule has 0 saturated heterocycles. The first-order valence-corrected chi connectivity index (χ1v) is 8.27. The van der Waals surface area contributed by atoms with Crippen LogP contribution in [0.5, 0.6) is 0 Å². The van der Waals surface area contributed by atoms with Gasteiger partial charge in [-0.1, -0.05) is 18.2 Å². The van der Waals surface area contributed by atoms with E-state index in [-0.39, 0.29) is 24.5 Å². The lowest BCUT2D eigenvalue weighted by Crippen LogP contribution is -2.35. The Hall–Kier alpha value is -3.27. The van der Waals surface area contributed by atoms with Gasteiger partial charge in [0, 0.05) is 42.3 Å². The summed E-state index contributed by atoms with van der Waals surface area (Å²) < 4.78 is 40.7. The van der Waals surface area contributed by atoms with Crippen LogP contribution in [0, 0.1) is 10.1 Å².